The molecule has 7 atom stereocenters. The minimum atomic E-state index is -0.648. The van der Waals surface area contributed by atoms with Gasteiger partial charge in [-0.25, -0.2) is 4.98 Å². The number of ketones is 1. The van der Waals surface area contributed by atoms with Crippen molar-refractivity contribution in [2.45, 2.75) is 109 Å². The van der Waals surface area contributed by atoms with Crippen LogP contribution in [-0.4, -0.2) is 38.2 Å². The molecule has 0 aromatic carbocycles. The lowest BCUT2D eigenvalue weighted by Gasteiger charge is -2.44. The number of aliphatic hydroxyl groups is 2. The first-order valence-corrected chi connectivity index (χ1v) is 17.3. The van der Waals surface area contributed by atoms with Gasteiger partial charge < -0.3 is 10.2 Å². The van der Waals surface area contributed by atoms with Gasteiger partial charge in [-0.1, -0.05) is 38.2 Å². The molecule has 4 aliphatic carbocycles. The molecule has 2 heterocycles. The number of pyridine rings is 1. The molecule has 230 valence electrons. The van der Waals surface area contributed by atoms with Gasteiger partial charge in [0.25, 0.3) is 0 Å². The van der Waals surface area contributed by atoms with Gasteiger partial charge in [0.05, 0.1) is 17.2 Å². The zero-order chi connectivity index (χ0) is 30.4. The third-order valence-corrected chi connectivity index (χ3v) is 12.9. The summed E-state index contributed by atoms with van der Waals surface area (Å²) in [5.41, 5.74) is 5.26. The zero-order valence-corrected chi connectivity index (χ0v) is 26.9. The Balaban J connectivity index is 1.19. The quantitative estimate of drug-likeness (QED) is 0.286. The third-order valence-electron chi connectivity index (χ3n) is 11.7. The molecule has 4 fully saturated rings. The summed E-state index contributed by atoms with van der Waals surface area (Å²) < 4.78 is 0. The molecule has 2 aromatic rings. The van der Waals surface area contributed by atoms with E-state index in [1.165, 1.54) is 31.3 Å². The van der Waals surface area contributed by atoms with Crippen molar-refractivity contribution in [3.8, 4) is 0 Å². The number of aliphatic hydroxyl groups excluding tert-OH is 2. The number of hydrogen-bond donors (Lipinski definition) is 2. The number of thiazole rings is 1. The predicted octanol–water partition coefficient (Wildman–Crippen LogP) is 7.93. The third kappa shape index (κ3) is 5.87. The van der Waals surface area contributed by atoms with Gasteiger partial charge in [-0.15, -0.1) is 11.3 Å². The fourth-order valence-electron chi connectivity index (χ4n) is 9.11. The number of rotatable bonds is 9. The minimum absolute atomic E-state index is 0.0457. The van der Waals surface area contributed by atoms with E-state index in [1.807, 2.05) is 12.1 Å². The van der Waals surface area contributed by atoms with Crippen LogP contribution in [0.15, 0.2) is 65.4 Å². The normalized spacial score (nSPS) is 33.4. The molecule has 0 unspecified atom stereocenters. The first-order valence-electron chi connectivity index (χ1n) is 16.4. The van der Waals surface area contributed by atoms with Crippen LogP contribution in [0.2, 0.25) is 0 Å². The summed E-state index contributed by atoms with van der Waals surface area (Å²) in [6, 6.07) is 3.75. The molecule has 0 spiro atoms. The number of carbonyl (C=O) groups excluding carboxylic acids is 1. The molecule has 6 heteroatoms. The zero-order valence-electron chi connectivity index (χ0n) is 26.1. The number of allylic oxidation sites excluding steroid dienone is 3. The van der Waals surface area contributed by atoms with E-state index in [4.69, 9.17) is 4.98 Å². The van der Waals surface area contributed by atoms with E-state index in [9.17, 15) is 15.0 Å². The SMILES string of the molecule is C=C1C(=CC=C2CCC[C@]3(C)[C@@H]([C@H](C)CC[C@@H](C(=O)c4ccncc4)C4(c5nc(C)cs5)CC4)CC[C@@H]23)C[C@@H](O)C[C@@H]1O. The lowest BCUT2D eigenvalue weighted by Crippen LogP contribution is -2.36. The van der Waals surface area contributed by atoms with Crippen molar-refractivity contribution in [1.82, 2.24) is 9.97 Å². The van der Waals surface area contributed by atoms with Gasteiger partial charge in [0.2, 0.25) is 0 Å². The van der Waals surface area contributed by atoms with Gasteiger partial charge in [0, 0.05) is 46.8 Å². The Morgan fingerprint density at radius 1 is 1.16 bits per heavy atom. The average Bonchev–Trinajstić information content (AvgIpc) is 3.53. The van der Waals surface area contributed by atoms with Gasteiger partial charge in [0.15, 0.2) is 5.78 Å². The van der Waals surface area contributed by atoms with E-state index in [2.05, 4.69) is 49.9 Å². The van der Waals surface area contributed by atoms with Crippen LogP contribution in [0.5, 0.6) is 0 Å². The van der Waals surface area contributed by atoms with Crippen molar-refractivity contribution >= 4 is 17.1 Å². The van der Waals surface area contributed by atoms with Gasteiger partial charge >= 0.3 is 0 Å². The predicted molar refractivity (Wildman–Crippen MR) is 173 cm³/mol. The summed E-state index contributed by atoms with van der Waals surface area (Å²) in [7, 11) is 0. The maximum atomic E-state index is 14.0. The Hall–Kier alpha value is -2.41. The fraction of sp³-hybridized carbons (Fsp3) is 0.595. The molecule has 4 aliphatic rings. The Bertz CT molecular complexity index is 1410. The highest BCUT2D eigenvalue weighted by atomic mass is 32.1. The lowest BCUT2D eigenvalue weighted by atomic mass is 9.60. The summed E-state index contributed by atoms with van der Waals surface area (Å²) in [5.74, 6) is 1.95. The average molecular weight is 601 g/mol. The smallest absolute Gasteiger partial charge is 0.167 e. The second-order valence-electron chi connectivity index (χ2n) is 14.3. The number of aromatic nitrogens is 2. The van der Waals surface area contributed by atoms with Gasteiger partial charge in [-0.2, -0.15) is 0 Å². The second-order valence-corrected chi connectivity index (χ2v) is 15.2. The molecule has 4 saturated carbocycles. The molecule has 2 N–H and O–H groups in total. The van der Waals surface area contributed by atoms with E-state index in [0.717, 1.165) is 59.5 Å². The van der Waals surface area contributed by atoms with Gasteiger partial charge in [-0.05, 0) is 118 Å². The summed E-state index contributed by atoms with van der Waals surface area (Å²) in [6.45, 7) is 11.1. The highest BCUT2D eigenvalue weighted by molar-refractivity contribution is 7.09. The highest BCUT2D eigenvalue weighted by Gasteiger charge is 2.56. The first kappa shape index (κ1) is 30.6. The van der Waals surface area contributed by atoms with Gasteiger partial charge in [-0.3, -0.25) is 9.78 Å². The molecular formula is C37H48N2O3S. The van der Waals surface area contributed by atoms with Crippen molar-refractivity contribution in [2.24, 2.45) is 29.1 Å². The molecule has 6 rings (SSSR count). The van der Waals surface area contributed by atoms with E-state index < -0.39 is 12.2 Å². The summed E-state index contributed by atoms with van der Waals surface area (Å²) in [5, 5.41) is 23.8. The number of carbonyl (C=O) groups is 1. The van der Waals surface area contributed by atoms with Crippen LogP contribution in [-0.2, 0) is 5.41 Å². The topological polar surface area (TPSA) is 83.3 Å². The number of aryl methyl sites for hydroxylation is 1. The largest absolute Gasteiger partial charge is 0.393 e. The van der Waals surface area contributed by atoms with Crippen LogP contribution in [0.1, 0.15) is 106 Å². The molecule has 0 aliphatic heterocycles. The van der Waals surface area contributed by atoms with E-state index >= 15 is 0 Å². The van der Waals surface area contributed by atoms with Crippen LogP contribution in [0, 0.1) is 36.0 Å². The highest BCUT2D eigenvalue weighted by Crippen LogP contribution is 2.61. The number of fused-ring (bicyclic) bond motifs is 1. The maximum Gasteiger partial charge on any atom is 0.167 e. The molecule has 0 saturated heterocycles. The molecule has 43 heavy (non-hydrogen) atoms. The van der Waals surface area contributed by atoms with Crippen LogP contribution in [0.25, 0.3) is 0 Å². The van der Waals surface area contributed by atoms with Crippen molar-refractivity contribution in [2.75, 3.05) is 0 Å². The van der Waals surface area contributed by atoms with Gasteiger partial charge in [0.1, 0.15) is 0 Å². The summed E-state index contributed by atoms with van der Waals surface area (Å²) >= 11 is 1.73. The van der Waals surface area contributed by atoms with Crippen molar-refractivity contribution in [3.05, 3.63) is 81.6 Å². The maximum absolute atomic E-state index is 14.0. The molecule has 0 amide bonds. The monoisotopic (exact) mass is 600 g/mol. The Morgan fingerprint density at radius 2 is 1.93 bits per heavy atom. The van der Waals surface area contributed by atoms with Crippen molar-refractivity contribution in [1.29, 1.82) is 0 Å². The van der Waals surface area contributed by atoms with Crippen LogP contribution in [0.4, 0.5) is 0 Å². The number of hydrogen-bond acceptors (Lipinski definition) is 6. The van der Waals surface area contributed by atoms with Crippen molar-refractivity contribution < 1.29 is 15.0 Å². The Labute approximate surface area is 261 Å². The van der Waals surface area contributed by atoms with E-state index in [1.54, 1.807) is 23.7 Å². The summed E-state index contributed by atoms with van der Waals surface area (Å²) in [6.07, 6.45) is 17.8. The standard InChI is InChI=1S/C37H48N2O3S/c1-23(7-10-32(34(42)27-13-18-38-19-14-27)37(16-17-37)35-39-24(2)22-43-35)30-11-12-31-26(6-5-15-36(30,31)4)8-9-28-20-29(40)21-33(41)25(28)3/h8-9,13-14,18-19,22-23,29-33,40-41H,3,5-7,10-12,15-17,20-21H2,1-2,4H3/t23-,29-,30-,31+,32+,33+,36-/m1/s1. The summed E-state index contributed by atoms with van der Waals surface area (Å²) in [4.78, 5) is 23.1. The van der Waals surface area contributed by atoms with Crippen LogP contribution in [0.3, 0.4) is 0 Å². The minimum Gasteiger partial charge on any atom is -0.393 e. The van der Waals surface area contributed by atoms with Crippen LogP contribution >= 0.6 is 11.3 Å². The fourth-order valence-corrected chi connectivity index (χ4v) is 10.2. The van der Waals surface area contributed by atoms with Crippen LogP contribution < -0.4 is 0 Å². The molecule has 0 radical (unpaired) electrons. The molecule has 0 bridgehead atoms. The number of nitrogens with zero attached hydrogens (tertiary/aromatic N) is 2. The van der Waals surface area contributed by atoms with E-state index in [0.29, 0.717) is 30.6 Å². The lowest BCUT2D eigenvalue weighted by molar-refractivity contribution is 0.0803. The Morgan fingerprint density at radius 3 is 2.63 bits per heavy atom. The molecule has 5 nitrogen and oxygen atoms in total. The first-order chi connectivity index (χ1) is 20.6. The van der Waals surface area contributed by atoms with E-state index in [-0.39, 0.29) is 22.5 Å². The number of Topliss-reactive ketones (excluding diaryl/α,β-unsaturated/α-hetero) is 1. The Kier molecular flexibility index (Phi) is 8.67. The molecule has 2 aromatic heterocycles. The van der Waals surface area contributed by atoms with Crippen molar-refractivity contribution in [3.63, 3.8) is 0 Å². The second kappa shape index (κ2) is 12.2. The molecular weight excluding hydrogens is 552 g/mol.